The first-order chi connectivity index (χ1) is 20.1. The quantitative estimate of drug-likeness (QED) is 0.205. The number of fused-ring (bicyclic) bond motifs is 9. The molecule has 198 valence electrons. The highest BCUT2D eigenvalue weighted by Gasteiger charge is 2.54. The highest BCUT2D eigenvalue weighted by molar-refractivity contribution is 6.05. The van der Waals surface area contributed by atoms with Crippen molar-refractivity contribution in [3.8, 4) is 11.1 Å². The maximum atomic E-state index is 4.02. The summed E-state index contributed by atoms with van der Waals surface area (Å²) >= 11 is 0. The van der Waals surface area contributed by atoms with Crippen molar-refractivity contribution in [1.29, 1.82) is 0 Å². The second-order valence-corrected chi connectivity index (χ2v) is 12.3. The van der Waals surface area contributed by atoms with Gasteiger partial charge in [0.25, 0.3) is 0 Å². The molecule has 3 aliphatic carbocycles. The molecule has 0 amide bonds. The third kappa shape index (κ3) is 3.11. The Morgan fingerprint density at radius 1 is 0.659 bits per heavy atom. The topological polar surface area (TPSA) is 0 Å². The van der Waals surface area contributed by atoms with Gasteiger partial charge in [-0.2, -0.15) is 0 Å². The highest BCUT2D eigenvalue weighted by atomic mass is 14.6. The SMILES string of the molecule is C=CCc1ccc(-c2cccc3c2C2=C(CCC=C2)C32c3ccccc3C(C)(C)c3ccccc32)c2ccccc12. The van der Waals surface area contributed by atoms with E-state index in [0.717, 1.165) is 19.3 Å². The van der Waals surface area contributed by atoms with Crippen LogP contribution >= 0.6 is 0 Å². The molecule has 8 rings (SSSR count). The lowest BCUT2D eigenvalue weighted by Crippen LogP contribution is -2.41. The minimum atomic E-state index is -0.285. The molecule has 5 aromatic rings. The van der Waals surface area contributed by atoms with Crippen molar-refractivity contribution >= 4 is 16.3 Å². The Bertz CT molecular complexity index is 1910. The molecule has 0 N–H and O–H groups in total. The molecule has 0 nitrogen and oxygen atoms in total. The number of rotatable bonds is 3. The average molecular weight is 527 g/mol. The molecule has 0 aliphatic heterocycles. The Morgan fingerprint density at radius 3 is 2.00 bits per heavy atom. The van der Waals surface area contributed by atoms with E-state index in [1.54, 1.807) is 5.57 Å². The van der Waals surface area contributed by atoms with Gasteiger partial charge in [-0.15, -0.1) is 6.58 Å². The molecule has 0 bridgehead atoms. The summed E-state index contributed by atoms with van der Waals surface area (Å²) in [5.41, 5.74) is 15.2. The molecule has 0 saturated carbocycles. The normalized spacial score (nSPS) is 17.2. The molecule has 0 saturated heterocycles. The van der Waals surface area contributed by atoms with Gasteiger partial charge in [0, 0.05) is 5.41 Å². The van der Waals surface area contributed by atoms with Gasteiger partial charge in [-0.25, -0.2) is 0 Å². The Labute approximate surface area is 243 Å². The molecule has 0 unspecified atom stereocenters. The van der Waals surface area contributed by atoms with Crippen molar-refractivity contribution < 1.29 is 0 Å². The van der Waals surface area contributed by atoms with Crippen molar-refractivity contribution in [3.63, 3.8) is 0 Å². The Kier molecular flexibility index (Phi) is 5.23. The lowest BCUT2D eigenvalue weighted by molar-refractivity contribution is 0.550. The van der Waals surface area contributed by atoms with Crippen LogP contribution in [0.15, 0.2) is 134 Å². The largest absolute Gasteiger partial charge is 0.103 e. The van der Waals surface area contributed by atoms with Crippen LogP contribution in [0.5, 0.6) is 0 Å². The zero-order chi connectivity index (χ0) is 27.8. The van der Waals surface area contributed by atoms with Crippen LogP contribution in [0, 0.1) is 0 Å². The van der Waals surface area contributed by atoms with Gasteiger partial charge in [0.15, 0.2) is 0 Å². The van der Waals surface area contributed by atoms with Crippen molar-refractivity contribution in [2.75, 3.05) is 0 Å². The fraction of sp³-hybridized carbons (Fsp3) is 0.171. The van der Waals surface area contributed by atoms with E-state index in [0.29, 0.717) is 0 Å². The summed E-state index contributed by atoms with van der Waals surface area (Å²) < 4.78 is 0. The van der Waals surface area contributed by atoms with E-state index >= 15 is 0 Å². The predicted molar refractivity (Wildman–Crippen MR) is 173 cm³/mol. The monoisotopic (exact) mass is 526 g/mol. The lowest BCUT2D eigenvalue weighted by atomic mass is 9.54. The molecule has 0 radical (unpaired) electrons. The van der Waals surface area contributed by atoms with Crippen molar-refractivity contribution in [2.45, 2.75) is 43.9 Å². The molecule has 41 heavy (non-hydrogen) atoms. The molecule has 5 aromatic carbocycles. The zero-order valence-corrected chi connectivity index (χ0v) is 23.9. The average Bonchev–Trinajstić information content (AvgIpc) is 3.32. The van der Waals surface area contributed by atoms with Gasteiger partial charge >= 0.3 is 0 Å². The summed E-state index contributed by atoms with van der Waals surface area (Å²) in [6.45, 7) is 8.82. The first-order valence-corrected chi connectivity index (χ1v) is 14.9. The Hall–Kier alpha value is -4.42. The maximum Gasteiger partial charge on any atom is 0.0682 e. The van der Waals surface area contributed by atoms with Crippen LogP contribution in [-0.2, 0) is 17.3 Å². The third-order valence-corrected chi connectivity index (χ3v) is 10.0. The van der Waals surface area contributed by atoms with Crippen LogP contribution in [0.4, 0.5) is 0 Å². The molecule has 0 heterocycles. The van der Waals surface area contributed by atoms with Crippen molar-refractivity contribution in [2.24, 2.45) is 0 Å². The second kappa shape index (κ2) is 8.79. The molecule has 3 aliphatic rings. The van der Waals surface area contributed by atoms with E-state index in [1.165, 1.54) is 66.4 Å². The van der Waals surface area contributed by atoms with Crippen LogP contribution in [0.2, 0.25) is 0 Å². The van der Waals surface area contributed by atoms with Crippen LogP contribution < -0.4 is 0 Å². The van der Waals surface area contributed by atoms with Gasteiger partial charge in [-0.1, -0.05) is 135 Å². The number of hydrogen-bond donors (Lipinski definition) is 0. The standard InChI is InChI=1S/C41H34/c1-4-14-27-25-26-30(29-16-6-5-15-28(27)29)31-18-13-24-38-39(31)32-17-7-8-19-33(32)41(38)36-22-11-9-20-34(36)40(2,3)35-21-10-12-23-37(35)41/h4-7,9-13,15-18,20-26H,1,8,14,19H2,2-3H3. The lowest BCUT2D eigenvalue weighted by Gasteiger charge is -2.47. The van der Waals surface area contributed by atoms with Crippen LogP contribution in [0.1, 0.15) is 65.6 Å². The van der Waals surface area contributed by atoms with Crippen LogP contribution in [0.3, 0.4) is 0 Å². The van der Waals surface area contributed by atoms with Gasteiger partial charge in [0.2, 0.25) is 0 Å². The first kappa shape index (κ1) is 24.4. The highest BCUT2D eigenvalue weighted by Crippen LogP contribution is 2.63. The Balaban J connectivity index is 1.51. The number of allylic oxidation sites excluding steroid dienone is 5. The van der Waals surface area contributed by atoms with E-state index in [1.807, 2.05) is 6.08 Å². The summed E-state index contributed by atoms with van der Waals surface area (Å²) in [6.07, 6.45) is 9.84. The van der Waals surface area contributed by atoms with E-state index in [9.17, 15) is 0 Å². The molecule has 0 fully saturated rings. The van der Waals surface area contributed by atoms with Crippen LogP contribution in [-0.4, -0.2) is 0 Å². The molecular weight excluding hydrogens is 492 g/mol. The molecule has 0 aromatic heterocycles. The summed E-state index contributed by atoms with van der Waals surface area (Å²) in [5, 5.41) is 2.63. The fourth-order valence-electron chi connectivity index (χ4n) is 8.38. The molecular formula is C41H34. The van der Waals surface area contributed by atoms with E-state index in [4.69, 9.17) is 0 Å². The number of benzene rings is 5. The van der Waals surface area contributed by atoms with Crippen molar-refractivity contribution in [3.05, 3.63) is 172 Å². The van der Waals surface area contributed by atoms with E-state index in [2.05, 4.69) is 136 Å². The minimum absolute atomic E-state index is 0.0682. The first-order valence-electron chi connectivity index (χ1n) is 14.9. The van der Waals surface area contributed by atoms with Gasteiger partial charge in [-0.05, 0) is 91.3 Å². The fourth-order valence-corrected chi connectivity index (χ4v) is 8.38. The smallest absolute Gasteiger partial charge is 0.0682 e. The Morgan fingerprint density at radius 2 is 1.29 bits per heavy atom. The van der Waals surface area contributed by atoms with Gasteiger partial charge in [0.1, 0.15) is 0 Å². The third-order valence-electron chi connectivity index (χ3n) is 10.0. The summed E-state index contributed by atoms with van der Waals surface area (Å²) in [7, 11) is 0. The molecule has 1 spiro atoms. The predicted octanol–water partition coefficient (Wildman–Crippen LogP) is 10.3. The summed E-state index contributed by atoms with van der Waals surface area (Å²) in [5.74, 6) is 0. The summed E-state index contributed by atoms with van der Waals surface area (Å²) in [4.78, 5) is 0. The maximum absolute atomic E-state index is 4.02. The van der Waals surface area contributed by atoms with E-state index < -0.39 is 0 Å². The van der Waals surface area contributed by atoms with Gasteiger partial charge in [-0.3, -0.25) is 0 Å². The van der Waals surface area contributed by atoms with Gasteiger partial charge < -0.3 is 0 Å². The number of hydrogen-bond acceptors (Lipinski definition) is 0. The molecule has 0 heteroatoms. The second-order valence-electron chi connectivity index (χ2n) is 12.3. The van der Waals surface area contributed by atoms with Gasteiger partial charge in [0.05, 0.1) is 5.41 Å². The van der Waals surface area contributed by atoms with E-state index in [-0.39, 0.29) is 10.8 Å². The van der Waals surface area contributed by atoms with Crippen molar-refractivity contribution in [1.82, 2.24) is 0 Å². The molecule has 0 atom stereocenters. The zero-order valence-electron chi connectivity index (χ0n) is 23.9. The minimum Gasteiger partial charge on any atom is -0.103 e. The summed E-state index contributed by atoms with van der Waals surface area (Å²) in [6, 6.07) is 39.1. The van der Waals surface area contributed by atoms with Crippen LogP contribution in [0.25, 0.3) is 27.5 Å².